The fourth-order valence-corrected chi connectivity index (χ4v) is 2.25. The molecule has 2 aromatic rings. The minimum absolute atomic E-state index is 0.0854. The van der Waals surface area contributed by atoms with E-state index in [9.17, 15) is 4.39 Å². The lowest BCUT2D eigenvalue weighted by Crippen LogP contribution is -2.31. The molecule has 0 saturated heterocycles. The molecule has 0 bridgehead atoms. The van der Waals surface area contributed by atoms with Crippen LogP contribution >= 0.6 is 0 Å². The largest absolute Gasteiger partial charge is 0.497 e. The Bertz CT molecular complexity index is 557. The lowest BCUT2D eigenvalue weighted by atomic mass is 10.0. The maximum Gasteiger partial charge on any atom is 0.146 e. The average molecular weight is 274 g/mol. The predicted octanol–water partition coefficient (Wildman–Crippen LogP) is 2.97. The summed E-state index contributed by atoms with van der Waals surface area (Å²) >= 11 is 0. The highest BCUT2D eigenvalue weighted by atomic mass is 19.1. The first-order valence-electron chi connectivity index (χ1n) is 6.48. The Hall–Kier alpha value is -2.07. The van der Waals surface area contributed by atoms with Crippen molar-refractivity contribution in [3.63, 3.8) is 0 Å². The summed E-state index contributed by atoms with van der Waals surface area (Å²) in [5.74, 6) is 0.542. The Morgan fingerprint density at radius 2 is 1.80 bits per heavy atom. The number of nitrogens with two attached hydrogens (primary N) is 1. The third-order valence-corrected chi connectivity index (χ3v) is 3.42. The van der Waals surface area contributed by atoms with E-state index in [1.165, 1.54) is 6.07 Å². The van der Waals surface area contributed by atoms with Crippen molar-refractivity contribution in [1.82, 2.24) is 0 Å². The van der Waals surface area contributed by atoms with E-state index in [2.05, 4.69) is 0 Å². The van der Waals surface area contributed by atoms with E-state index in [-0.39, 0.29) is 11.9 Å². The molecular formula is C16H19FN2O. The number of nitrogens with zero attached hydrogens (tertiary/aromatic N) is 1. The molecule has 2 rings (SSSR count). The van der Waals surface area contributed by atoms with Crippen LogP contribution < -0.4 is 15.4 Å². The molecule has 2 N–H and O–H groups in total. The molecule has 1 unspecified atom stereocenters. The summed E-state index contributed by atoms with van der Waals surface area (Å²) in [7, 11) is 3.47. The van der Waals surface area contributed by atoms with Gasteiger partial charge < -0.3 is 15.4 Å². The number of likely N-dealkylation sites (N-methyl/N-ethyl adjacent to an activating group) is 1. The molecule has 2 aromatic carbocycles. The summed E-state index contributed by atoms with van der Waals surface area (Å²) in [6.07, 6.45) is 0. The van der Waals surface area contributed by atoms with Gasteiger partial charge in [-0.2, -0.15) is 0 Å². The average Bonchev–Trinajstić information content (AvgIpc) is 2.49. The van der Waals surface area contributed by atoms with E-state index in [0.29, 0.717) is 12.2 Å². The molecule has 0 heterocycles. The third-order valence-electron chi connectivity index (χ3n) is 3.42. The monoisotopic (exact) mass is 274 g/mol. The predicted molar refractivity (Wildman–Crippen MR) is 79.6 cm³/mol. The van der Waals surface area contributed by atoms with Crippen LogP contribution in [-0.4, -0.2) is 20.7 Å². The van der Waals surface area contributed by atoms with Gasteiger partial charge in [-0.25, -0.2) is 4.39 Å². The van der Waals surface area contributed by atoms with Crippen LogP contribution in [-0.2, 0) is 0 Å². The Morgan fingerprint density at radius 3 is 2.35 bits per heavy atom. The van der Waals surface area contributed by atoms with Gasteiger partial charge in [0.2, 0.25) is 0 Å². The number of rotatable bonds is 5. The highest BCUT2D eigenvalue weighted by Crippen LogP contribution is 2.27. The SMILES string of the molecule is COc1ccc(C(CN)N(C)c2ccccc2F)cc1. The third kappa shape index (κ3) is 2.91. The zero-order valence-corrected chi connectivity index (χ0v) is 11.7. The molecule has 0 fully saturated rings. The van der Waals surface area contributed by atoms with E-state index in [1.807, 2.05) is 42.3 Å². The quantitative estimate of drug-likeness (QED) is 0.911. The zero-order valence-electron chi connectivity index (χ0n) is 11.7. The van der Waals surface area contributed by atoms with E-state index in [0.717, 1.165) is 11.3 Å². The van der Waals surface area contributed by atoms with Crippen molar-refractivity contribution in [2.45, 2.75) is 6.04 Å². The molecule has 0 spiro atoms. The minimum Gasteiger partial charge on any atom is -0.497 e. The van der Waals surface area contributed by atoms with Crippen molar-refractivity contribution in [1.29, 1.82) is 0 Å². The molecule has 0 aliphatic carbocycles. The van der Waals surface area contributed by atoms with Crippen LogP contribution in [0, 0.1) is 5.82 Å². The molecule has 0 radical (unpaired) electrons. The van der Waals surface area contributed by atoms with Crippen LogP contribution in [0.25, 0.3) is 0 Å². The fourth-order valence-electron chi connectivity index (χ4n) is 2.25. The van der Waals surface area contributed by atoms with Gasteiger partial charge >= 0.3 is 0 Å². The Balaban J connectivity index is 2.29. The van der Waals surface area contributed by atoms with Gasteiger partial charge in [0.15, 0.2) is 0 Å². The van der Waals surface area contributed by atoms with Gasteiger partial charge in [-0.05, 0) is 29.8 Å². The standard InChI is InChI=1S/C16H19FN2O/c1-19(15-6-4-3-5-14(15)17)16(11-18)12-7-9-13(20-2)10-8-12/h3-10,16H,11,18H2,1-2H3. The smallest absolute Gasteiger partial charge is 0.146 e. The van der Waals surface area contributed by atoms with E-state index in [1.54, 1.807) is 19.2 Å². The maximum absolute atomic E-state index is 13.9. The van der Waals surface area contributed by atoms with Gasteiger partial charge in [0.25, 0.3) is 0 Å². The molecule has 1 atom stereocenters. The van der Waals surface area contributed by atoms with Crippen LogP contribution in [0.5, 0.6) is 5.75 Å². The number of methoxy groups -OCH3 is 1. The van der Waals surface area contributed by atoms with Crippen molar-refractivity contribution in [2.24, 2.45) is 5.73 Å². The first-order valence-corrected chi connectivity index (χ1v) is 6.48. The Morgan fingerprint density at radius 1 is 1.15 bits per heavy atom. The maximum atomic E-state index is 13.9. The van der Waals surface area contributed by atoms with Crippen LogP contribution in [0.1, 0.15) is 11.6 Å². The number of hydrogen-bond donors (Lipinski definition) is 1. The summed E-state index contributed by atoms with van der Waals surface area (Å²) in [4.78, 5) is 1.86. The number of anilines is 1. The number of benzene rings is 2. The first-order chi connectivity index (χ1) is 9.67. The molecular weight excluding hydrogens is 255 g/mol. The van der Waals surface area contributed by atoms with E-state index >= 15 is 0 Å². The van der Waals surface area contributed by atoms with Gasteiger partial charge in [0.05, 0.1) is 18.8 Å². The Labute approximate surface area is 118 Å². The van der Waals surface area contributed by atoms with Crippen molar-refractivity contribution in [3.8, 4) is 5.75 Å². The fraction of sp³-hybridized carbons (Fsp3) is 0.250. The number of ether oxygens (including phenoxy) is 1. The number of para-hydroxylation sites is 1. The second-order valence-electron chi connectivity index (χ2n) is 4.59. The molecule has 0 saturated carbocycles. The van der Waals surface area contributed by atoms with Crippen molar-refractivity contribution in [3.05, 3.63) is 59.9 Å². The van der Waals surface area contributed by atoms with Gasteiger partial charge in [0, 0.05) is 13.6 Å². The van der Waals surface area contributed by atoms with Crippen LogP contribution in [0.15, 0.2) is 48.5 Å². The van der Waals surface area contributed by atoms with Gasteiger partial charge in [0.1, 0.15) is 11.6 Å². The van der Waals surface area contributed by atoms with E-state index in [4.69, 9.17) is 10.5 Å². The molecule has 0 aliphatic heterocycles. The van der Waals surface area contributed by atoms with Crippen molar-refractivity contribution >= 4 is 5.69 Å². The topological polar surface area (TPSA) is 38.5 Å². The second-order valence-corrected chi connectivity index (χ2v) is 4.59. The van der Waals surface area contributed by atoms with Gasteiger partial charge in [-0.15, -0.1) is 0 Å². The first kappa shape index (κ1) is 14.3. The molecule has 0 aliphatic rings. The van der Waals surface area contributed by atoms with Gasteiger partial charge in [-0.3, -0.25) is 0 Å². The van der Waals surface area contributed by atoms with Gasteiger partial charge in [-0.1, -0.05) is 24.3 Å². The zero-order chi connectivity index (χ0) is 14.5. The molecule has 0 amide bonds. The summed E-state index contributed by atoms with van der Waals surface area (Å²) in [5.41, 5.74) is 7.44. The highest BCUT2D eigenvalue weighted by Gasteiger charge is 2.18. The number of halogens is 1. The number of hydrogen-bond acceptors (Lipinski definition) is 3. The lowest BCUT2D eigenvalue weighted by molar-refractivity contribution is 0.414. The molecule has 0 aromatic heterocycles. The van der Waals surface area contributed by atoms with Crippen molar-refractivity contribution in [2.75, 3.05) is 25.6 Å². The normalized spacial score (nSPS) is 12.0. The highest BCUT2D eigenvalue weighted by molar-refractivity contribution is 5.49. The second kappa shape index (κ2) is 6.39. The minimum atomic E-state index is -0.248. The Kier molecular flexibility index (Phi) is 4.58. The summed E-state index contributed by atoms with van der Waals surface area (Å²) in [6.45, 7) is 0.400. The van der Waals surface area contributed by atoms with E-state index < -0.39 is 0 Å². The summed E-state index contributed by atoms with van der Waals surface area (Å²) in [6, 6.07) is 14.3. The molecule has 3 nitrogen and oxygen atoms in total. The summed E-state index contributed by atoms with van der Waals surface area (Å²) < 4.78 is 19.0. The van der Waals surface area contributed by atoms with Crippen LogP contribution in [0.4, 0.5) is 10.1 Å². The van der Waals surface area contributed by atoms with Crippen LogP contribution in [0.3, 0.4) is 0 Å². The molecule has 4 heteroatoms. The lowest BCUT2D eigenvalue weighted by Gasteiger charge is -2.29. The van der Waals surface area contributed by atoms with Crippen molar-refractivity contribution < 1.29 is 9.13 Å². The summed E-state index contributed by atoms with van der Waals surface area (Å²) in [5, 5.41) is 0. The van der Waals surface area contributed by atoms with Crippen LogP contribution in [0.2, 0.25) is 0 Å². The molecule has 20 heavy (non-hydrogen) atoms. The molecule has 106 valence electrons.